The predicted molar refractivity (Wildman–Crippen MR) is 120 cm³/mol. The number of aryl methyl sites for hydroxylation is 1. The number of amides is 1. The normalized spacial score (nSPS) is 11.9. The van der Waals surface area contributed by atoms with E-state index in [9.17, 15) is 4.79 Å². The monoisotopic (exact) mass is 486 g/mol. The summed E-state index contributed by atoms with van der Waals surface area (Å²) >= 11 is 4.79. The van der Waals surface area contributed by atoms with E-state index in [2.05, 4.69) is 36.8 Å². The Morgan fingerprint density at radius 3 is 2.77 bits per heavy atom. The van der Waals surface area contributed by atoms with Crippen LogP contribution in [0.2, 0.25) is 0 Å². The largest absolute Gasteiger partial charge is 0.454 e. The zero-order chi connectivity index (χ0) is 20.9. The fraction of sp³-hybridized carbons (Fsp3) is 0.190. The molecule has 0 saturated heterocycles. The van der Waals surface area contributed by atoms with Gasteiger partial charge in [-0.15, -0.1) is 10.2 Å². The van der Waals surface area contributed by atoms with Crippen LogP contribution < -0.4 is 20.1 Å². The SMILES string of the molecule is Cc1cc(NC(=O)CSc2ccc(NCc3ccc4c(c3)OCO4)nn2)ccc1Br. The van der Waals surface area contributed by atoms with E-state index in [0.29, 0.717) is 17.4 Å². The summed E-state index contributed by atoms with van der Waals surface area (Å²) in [6.45, 7) is 2.83. The number of ether oxygens (including phenoxy) is 2. The van der Waals surface area contributed by atoms with Gasteiger partial charge in [-0.25, -0.2) is 0 Å². The number of anilines is 2. The van der Waals surface area contributed by atoms with Crippen LogP contribution in [-0.2, 0) is 11.3 Å². The number of nitrogens with zero attached hydrogens (tertiary/aromatic N) is 2. The Morgan fingerprint density at radius 2 is 1.97 bits per heavy atom. The van der Waals surface area contributed by atoms with E-state index in [-0.39, 0.29) is 18.5 Å². The first-order chi connectivity index (χ1) is 14.6. The minimum atomic E-state index is -0.0893. The number of rotatable bonds is 7. The smallest absolute Gasteiger partial charge is 0.234 e. The second kappa shape index (κ2) is 9.36. The molecule has 1 aromatic heterocycles. The number of carbonyl (C=O) groups excluding carboxylic acids is 1. The molecule has 1 aliphatic rings. The van der Waals surface area contributed by atoms with Gasteiger partial charge in [0.15, 0.2) is 11.5 Å². The lowest BCUT2D eigenvalue weighted by Crippen LogP contribution is -2.14. The molecule has 0 atom stereocenters. The highest BCUT2D eigenvalue weighted by molar-refractivity contribution is 9.10. The molecule has 0 unspecified atom stereocenters. The Kier molecular flexibility index (Phi) is 6.39. The predicted octanol–water partition coefficient (Wildman–Crippen LogP) is 4.62. The standard InChI is InChI=1S/C21H19BrN4O3S/c1-13-8-15(3-4-16(13)22)24-20(27)11-30-21-7-6-19(25-26-21)23-10-14-2-5-17-18(9-14)29-12-28-17/h2-9H,10-12H2,1H3,(H,23,25)(H,24,27). The average Bonchev–Trinajstić information content (AvgIpc) is 3.22. The van der Waals surface area contributed by atoms with Gasteiger partial charge in [-0.1, -0.05) is 33.8 Å². The lowest BCUT2D eigenvalue weighted by atomic mass is 10.2. The van der Waals surface area contributed by atoms with Crippen LogP contribution in [0.3, 0.4) is 0 Å². The zero-order valence-corrected chi connectivity index (χ0v) is 18.5. The molecule has 0 spiro atoms. The number of halogens is 1. The number of nitrogens with one attached hydrogen (secondary N) is 2. The maximum Gasteiger partial charge on any atom is 0.234 e. The molecule has 30 heavy (non-hydrogen) atoms. The van der Waals surface area contributed by atoms with E-state index in [4.69, 9.17) is 9.47 Å². The van der Waals surface area contributed by atoms with Crippen LogP contribution in [0.15, 0.2) is 58.0 Å². The van der Waals surface area contributed by atoms with E-state index in [0.717, 1.165) is 32.8 Å². The van der Waals surface area contributed by atoms with Crippen LogP contribution in [-0.4, -0.2) is 28.7 Å². The van der Waals surface area contributed by atoms with Gasteiger partial charge in [0.05, 0.1) is 5.75 Å². The summed E-state index contributed by atoms with van der Waals surface area (Å²) in [5.41, 5.74) is 2.89. The van der Waals surface area contributed by atoms with Gasteiger partial charge >= 0.3 is 0 Å². The van der Waals surface area contributed by atoms with Crippen LogP contribution in [0, 0.1) is 6.92 Å². The summed E-state index contributed by atoms with van der Waals surface area (Å²) in [4.78, 5) is 12.2. The van der Waals surface area contributed by atoms with Crippen LogP contribution >= 0.6 is 27.7 Å². The molecule has 9 heteroatoms. The van der Waals surface area contributed by atoms with Crippen LogP contribution in [0.25, 0.3) is 0 Å². The minimum absolute atomic E-state index is 0.0893. The third kappa shape index (κ3) is 5.22. The highest BCUT2D eigenvalue weighted by Gasteiger charge is 2.13. The summed E-state index contributed by atoms with van der Waals surface area (Å²) in [6, 6.07) is 15.2. The van der Waals surface area contributed by atoms with Crippen LogP contribution in [0.4, 0.5) is 11.5 Å². The second-order valence-corrected chi connectivity index (χ2v) is 8.45. The van der Waals surface area contributed by atoms with Crippen molar-refractivity contribution < 1.29 is 14.3 Å². The molecule has 7 nitrogen and oxygen atoms in total. The molecule has 2 heterocycles. The number of carbonyl (C=O) groups is 1. The summed E-state index contributed by atoms with van der Waals surface area (Å²) in [5.74, 6) is 2.34. The van der Waals surface area contributed by atoms with Crippen molar-refractivity contribution in [3.63, 3.8) is 0 Å². The molecule has 0 aliphatic carbocycles. The van der Waals surface area contributed by atoms with E-state index in [1.165, 1.54) is 11.8 Å². The number of fused-ring (bicyclic) bond motifs is 1. The van der Waals surface area contributed by atoms with Gasteiger partial charge in [0.25, 0.3) is 0 Å². The Balaban J connectivity index is 1.25. The number of hydrogen-bond acceptors (Lipinski definition) is 7. The van der Waals surface area contributed by atoms with Gasteiger partial charge in [-0.05, 0) is 60.5 Å². The van der Waals surface area contributed by atoms with Crippen molar-refractivity contribution in [1.82, 2.24) is 10.2 Å². The fourth-order valence-electron chi connectivity index (χ4n) is 2.79. The molecule has 0 saturated carbocycles. The molecule has 2 aromatic carbocycles. The summed E-state index contributed by atoms with van der Waals surface area (Å²) in [6.07, 6.45) is 0. The number of thioether (sulfide) groups is 1. The average molecular weight is 487 g/mol. The summed E-state index contributed by atoms with van der Waals surface area (Å²) in [5, 5.41) is 15.1. The van der Waals surface area contributed by atoms with Gasteiger partial charge < -0.3 is 20.1 Å². The van der Waals surface area contributed by atoms with E-state index in [1.807, 2.05) is 55.5 Å². The first-order valence-electron chi connectivity index (χ1n) is 9.22. The molecule has 4 rings (SSSR count). The van der Waals surface area contributed by atoms with Crippen molar-refractivity contribution in [2.45, 2.75) is 18.5 Å². The van der Waals surface area contributed by atoms with Crippen molar-refractivity contribution in [3.8, 4) is 11.5 Å². The van der Waals surface area contributed by atoms with E-state index < -0.39 is 0 Å². The highest BCUT2D eigenvalue weighted by Crippen LogP contribution is 2.32. The summed E-state index contributed by atoms with van der Waals surface area (Å²) in [7, 11) is 0. The molecule has 1 amide bonds. The molecule has 154 valence electrons. The van der Waals surface area contributed by atoms with Gasteiger partial charge in [0.2, 0.25) is 12.7 Å². The van der Waals surface area contributed by atoms with Gasteiger partial charge in [0, 0.05) is 16.7 Å². The lowest BCUT2D eigenvalue weighted by molar-refractivity contribution is -0.113. The molecular formula is C21H19BrN4O3S. The minimum Gasteiger partial charge on any atom is -0.454 e. The zero-order valence-electron chi connectivity index (χ0n) is 16.1. The number of hydrogen-bond donors (Lipinski definition) is 2. The molecular weight excluding hydrogens is 468 g/mol. The molecule has 2 N–H and O–H groups in total. The molecule has 3 aromatic rings. The Labute approximate surface area is 186 Å². The third-order valence-corrected chi connectivity index (χ3v) is 6.15. The fourth-order valence-corrected chi connectivity index (χ4v) is 3.65. The first-order valence-corrected chi connectivity index (χ1v) is 11.0. The van der Waals surface area contributed by atoms with Crippen molar-refractivity contribution in [3.05, 3.63) is 64.1 Å². The lowest BCUT2D eigenvalue weighted by Gasteiger charge is -2.08. The van der Waals surface area contributed by atoms with Crippen molar-refractivity contribution >= 4 is 45.1 Å². The van der Waals surface area contributed by atoms with Crippen molar-refractivity contribution in [2.24, 2.45) is 0 Å². The van der Waals surface area contributed by atoms with Crippen LogP contribution in [0.1, 0.15) is 11.1 Å². The second-order valence-electron chi connectivity index (χ2n) is 6.60. The highest BCUT2D eigenvalue weighted by atomic mass is 79.9. The van der Waals surface area contributed by atoms with Crippen LogP contribution in [0.5, 0.6) is 11.5 Å². The first kappa shape index (κ1) is 20.5. The van der Waals surface area contributed by atoms with Gasteiger partial charge in [0.1, 0.15) is 10.8 Å². The Bertz CT molecular complexity index is 1060. The Morgan fingerprint density at radius 1 is 1.10 bits per heavy atom. The molecule has 0 bridgehead atoms. The molecule has 0 radical (unpaired) electrons. The topological polar surface area (TPSA) is 85.4 Å². The quantitative estimate of drug-likeness (QED) is 0.471. The van der Waals surface area contributed by atoms with E-state index in [1.54, 1.807) is 0 Å². The van der Waals surface area contributed by atoms with E-state index >= 15 is 0 Å². The third-order valence-electron chi connectivity index (χ3n) is 4.34. The molecule has 0 fully saturated rings. The molecule has 1 aliphatic heterocycles. The number of benzene rings is 2. The maximum absolute atomic E-state index is 12.2. The van der Waals surface area contributed by atoms with Crippen molar-refractivity contribution in [2.75, 3.05) is 23.2 Å². The van der Waals surface area contributed by atoms with Crippen molar-refractivity contribution in [1.29, 1.82) is 0 Å². The Hall–Kier alpha value is -2.78. The van der Waals surface area contributed by atoms with Gasteiger partial charge in [-0.2, -0.15) is 0 Å². The maximum atomic E-state index is 12.2. The van der Waals surface area contributed by atoms with Gasteiger partial charge in [-0.3, -0.25) is 4.79 Å². The summed E-state index contributed by atoms with van der Waals surface area (Å²) < 4.78 is 11.7. The number of aromatic nitrogens is 2.